The van der Waals surface area contributed by atoms with E-state index in [0.717, 1.165) is 12.7 Å². The fourth-order valence-corrected chi connectivity index (χ4v) is 2.12. The molecule has 1 heterocycles. The summed E-state index contributed by atoms with van der Waals surface area (Å²) < 4.78 is 5.33. The first-order chi connectivity index (χ1) is 6.56. The molecular weight excluding hydrogens is 180 g/mol. The van der Waals surface area contributed by atoms with Gasteiger partial charge in [0.2, 0.25) is 0 Å². The Kier molecular flexibility index (Phi) is 3.67. The lowest BCUT2D eigenvalue weighted by atomic mass is 9.83. The first-order valence-corrected chi connectivity index (χ1v) is 5.20. The van der Waals surface area contributed by atoms with Crippen LogP contribution < -0.4 is 0 Å². The molecule has 1 fully saturated rings. The predicted molar refractivity (Wildman–Crippen MR) is 52.7 cm³/mol. The quantitative estimate of drug-likeness (QED) is 0.513. The van der Waals surface area contributed by atoms with E-state index in [1.54, 1.807) is 0 Å². The fraction of sp³-hybridized carbons (Fsp3) is 0.818. The Morgan fingerprint density at radius 2 is 2.21 bits per heavy atom. The maximum absolute atomic E-state index is 11.3. The maximum atomic E-state index is 11.3. The van der Waals surface area contributed by atoms with Crippen molar-refractivity contribution in [1.29, 1.82) is 0 Å². The molecule has 0 aliphatic carbocycles. The van der Waals surface area contributed by atoms with Gasteiger partial charge in [-0.3, -0.25) is 4.79 Å². The number of ether oxygens (including phenoxy) is 1. The van der Waals surface area contributed by atoms with Crippen molar-refractivity contribution < 1.29 is 14.3 Å². The van der Waals surface area contributed by atoms with Crippen LogP contribution in [0.4, 0.5) is 0 Å². The molecule has 0 bridgehead atoms. The first-order valence-electron chi connectivity index (χ1n) is 5.20. The van der Waals surface area contributed by atoms with E-state index in [9.17, 15) is 9.59 Å². The molecule has 14 heavy (non-hydrogen) atoms. The van der Waals surface area contributed by atoms with Crippen LogP contribution in [0, 0.1) is 17.8 Å². The Hall–Kier alpha value is -0.860. The minimum atomic E-state index is -0.120. The maximum Gasteiger partial charge on any atom is 0.308 e. The van der Waals surface area contributed by atoms with Crippen molar-refractivity contribution in [1.82, 2.24) is 0 Å². The zero-order valence-corrected chi connectivity index (χ0v) is 9.03. The molecule has 1 rings (SSSR count). The normalized spacial score (nSPS) is 34.8. The number of hydrogen-bond donors (Lipinski definition) is 0. The smallest absolute Gasteiger partial charge is 0.308 e. The standard InChI is InChI=1S/C11H18O3/c1-7(4-5-12)10-8(2)6-9(3)11(13)14-10/h5,7-10H,4,6H2,1-3H3. The van der Waals surface area contributed by atoms with E-state index in [-0.39, 0.29) is 23.9 Å². The van der Waals surface area contributed by atoms with E-state index in [4.69, 9.17) is 4.74 Å². The number of cyclic esters (lactones) is 1. The Labute approximate surface area is 84.8 Å². The summed E-state index contributed by atoms with van der Waals surface area (Å²) in [6.07, 6.45) is 2.15. The molecule has 0 spiro atoms. The Bertz CT molecular complexity index is 225. The highest BCUT2D eigenvalue weighted by molar-refractivity contribution is 5.73. The van der Waals surface area contributed by atoms with Crippen molar-refractivity contribution in [2.24, 2.45) is 17.8 Å². The lowest BCUT2D eigenvalue weighted by molar-refractivity contribution is -0.168. The van der Waals surface area contributed by atoms with E-state index >= 15 is 0 Å². The van der Waals surface area contributed by atoms with E-state index < -0.39 is 0 Å². The molecule has 1 aliphatic heterocycles. The highest BCUT2D eigenvalue weighted by atomic mass is 16.5. The third kappa shape index (κ3) is 2.34. The van der Waals surface area contributed by atoms with Crippen LogP contribution >= 0.6 is 0 Å². The van der Waals surface area contributed by atoms with Crippen molar-refractivity contribution in [3.05, 3.63) is 0 Å². The van der Waals surface area contributed by atoms with Crippen LogP contribution in [0.25, 0.3) is 0 Å². The summed E-state index contributed by atoms with van der Waals surface area (Å²) in [6.45, 7) is 5.92. The van der Waals surface area contributed by atoms with Crippen LogP contribution in [-0.2, 0) is 14.3 Å². The van der Waals surface area contributed by atoms with Gasteiger partial charge in [0.15, 0.2) is 0 Å². The number of aldehydes is 1. The summed E-state index contributed by atoms with van der Waals surface area (Å²) in [6, 6.07) is 0. The molecule has 0 amide bonds. The van der Waals surface area contributed by atoms with Gasteiger partial charge in [-0.1, -0.05) is 20.8 Å². The van der Waals surface area contributed by atoms with Crippen LogP contribution in [0.1, 0.15) is 33.6 Å². The van der Waals surface area contributed by atoms with Crippen LogP contribution in [0.2, 0.25) is 0 Å². The third-order valence-electron chi connectivity index (χ3n) is 2.97. The van der Waals surface area contributed by atoms with Gasteiger partial charge < -0.3 is 9.53 Å². The molecule has 4 atom stereocenters. The summed E-state index contributed by atoms with van der Waals surface area (Å²) in [7, 11) is 0. The van der Waals surface area contributed by atoms with Crippen molar-refractivity contribution in [3.63, 3.8) is 0 Å². The van der Waals surface area contributed by atoms with Gasteiger partial charge >= 0.3 is 5.97 Å². The fourth-order valence-electron chi connectivity index (χ4n) is 2.12. The molecule has 3 nitrogen and oxygen atoms in total. The van der Waals surface area contributed by atoms with Gasteiger partial charge in [0.1, 0.15) is 12.4 Å². The number of rotatable bonds is 3. The molecule has 0 aromatic carbocycles. The van der Waals surface area contributed by atoms with E-state index in [0.29, 0.717) is 12.3 Å². The molecule has 0 saturated carbocycles. The van der Waals surface area contributed by atoms with Crippen LogP contribution in [0.15, 0.2) is 0 Å². The topological polar surface area (TPSA) is 43.4 Å². The Balaban J connectivity index is 2.60. The summed E-state index contributed by atoms with van der Waals surface area (Å²) in [5, 5.41) is 0. The summed E-state index contributed by atoms with van der Waals surface area (Å²) in [4.78, 5) is 21.7. The lowest BCUT2D eigenvalue weighted by Crippen LogP contribution is -2.39. The lowest BCUT2D eigenvalue weighted by Gasteiger charge is -2.35. The molecular formula is C11H18O3. The average Bonchev–Trinajstić information content (AvgIpc) is 2.11. The molecule has 1 saturated heterocycles. The molecule has 1 aliphatic rings. The molecule has 0 aromatic rings. The van der Waals surface area contributed by atoms with Gasteiger partial charge in [0.25, 0.3) is 0 Å². The van der Waals surface area contributed by atoms with Gasteiger partial charge in [0.05, 0.1) is 5.92 Å². The van der Waals surface area contributed by atoms with Crippen LogP contribution in [-0.4, -0.2) is 18.4 Å². The van der Waals surface area contributed by atoms with Gasteiger partial charge in [-0.25, -0.2) is 0 Å². The number of esters is 1. The van der Waals surface area contributed by atoms with Gasteiger partial charge in [-0.05, 0) is 18.3 Å². The highest BCUT2D eigenvalue weighted by Gasteiger charge is 2.35. The molecule has 0 aromatic heterocycles. The third-order valence-corrected chi connectivity index (χ3v) is 2.97. The number of carbonyl (C=O) groups excluding carboxylic acids is 2. The van der Waals surface area contributed by atoms with Gasteiger partial charge in [0, 0.05) is 6.42 Å². The average molecular weight is 198 g/mol. The van der Waals surface area contributed by atoms with Gasteiger partial charge in [-0.15, -0.1) is 0 Å². The first kappa shape index (κ1) is 11.2. The van der Waals surface area contributed by atoms with Crippen molar-refractivity contribution in [2.75, 3.05) is 0 Å². The summed E-state index contributed by atoms with van der Waals surface area (Å²) in [5.41, 5.74) is 0. The van der Waals surface area contributed by atoms with Crippen LogP contribution in [0.3, 0.4) is 0 Å². The molecule has 3 heteroatoms. The Morgan fingerprint density at radius 3 is 2.79 bits per heavy atom. The molecule has 0 radical (unpaired) electrons. The zero-order chi connectivity index (χ0) is 10.7. The molecule has 80 valence electrons. The Morgan fingerprint density at radius 1 is 1.57 bits per heavy atom. The zero-order valence-electron chi connectivity index (χ0n) is 9.03. The summed E-state index contributed by atoms with van der Waals surface area (Å²) in [5.74, 6) is 0.382. The number of carbonyl (C=O) groups is 2. The second kappa shape index (κ2) is 4.58. The van der Waals surface area contributed by atoms with E-state index in [1.165, 1.54) is 0 Å². The minimum absolute atomic E-state index is 0.00433. The van der Waals surface area contributed by atoms with E-state index in [2.05, 4.69) is 6.92 Å². The monoisotopic (exact) mass is 198 g/mol. The van der Waals surface area contributed by atoms with Crippen molar-refractivity contribution in [3.8, 4) is 0 Å². The second-order valence-corrected chi connectivity index (χ2v) is 4.40. The van der Waals surface area contributed by atoms with Gasteiger partial charge in [-0.2, -0.15) is 0 Å². The largest absolute Gasteiger partial charge is 0.462 e. The SMILES string of the molecule is CC1CC(C)C(C(C)CC=O)OC1=O. The molecule has 0 N–H and O–H groups in total. The van der Waals surface area contributed by atoms with Crippen LogP contribution in [0.5, 0.6) is 0 Å². The van der Waals surface area contributed by atoms with Crippen molar-refractivity contribution in [2.45, 2.75) is 39.7 Å². The minimum Gasteiger partial charge on any atom is -0.462 e. The second-order valence-electron chi connectivity index (χ2n) is 4.40. The number of hydrogen-bond acceptors (Lipinski definition) is 3. The molecule has 4 unspecified atom stereocenters. The van der Waals surface area contributed by atoms with E-state index in [1.807, 2.05) is 13.8 Å². The predicted octanol–water partition coefficient (Wildman–Crippen LogP) is 1.80. The van der Waals surface area contributed by atoms with Crippen molar-refractivity contribution >= 4 is 12.3 Å². The highest BCUT2D eigenvalue weighted by Crippen LogP contribution is 2.30. The summed E-state index contributed by atoms with van der Waals surface area (Å²) >= 11 is 0.